The third-order valence-electron chi connectivity index (χ3n) is 1.43. The highest BCUT2D eigenvalue weighted by atomic mass is 16.5. The van der Waals surface area contributed by atoms with Gasteiger partial charge in [-0.2, -0.15) is 0 Å². The molecule has 1 saturated heterocycles. The highest BCUT2D eigenvalue weighted by Gasteiger charge is 2.03. The van der Waals surface area contributed by atoms with Gasteiger partial charge in [0, 0.05) is 25.4 Å². The van der Waals surface area contributed by atoms with Crippen molar-refractivity contribution in [1.82, 2.24) is 4.90 Å². The molecular formula is C8H11NO. The smallest absolute Gasteiger partial charge is 0.0642 e. The fourth-order valence-electron chi connectivity index (χ4n) is 0.875. The van der Waals surface area contributed by atoms with Crippen LogP contribution in [0, 0.1) is 12.3 Å². The first-order valence-electron chi connectivity index (χ1n) is 3.38. The molecule has 0 radical (unpaired) electrons. The summed E-state index contributed by atoms with van der Waals surface area (Å²) < 4.78 is 5.15. The Balaban J connectivity index is 2.27. The minimum absolute atomic E-state index is 0.814. The minimum Gasteiger partial charge on any atom is -0.378 e. The topological polar surface area (TPSA) is 12.5 Å². The molecule has 0 aromatic heterocycles. The number of rotatable bonds is 1. The molecule has 0 aromatic carbocycles. The maximum absolute atomic E-state index is 5.15. The molecule has 0 amide bonds. The van der Waals surface area contributed by atoms with Gasteiger partial charge < -0.3 is 9.64 Å². The second-order valence-corrected chi connectivity index (χ2v) is 2.13. The standard InChI is InChI=1S/C8H11NO/c1-2-3-4-9-5-7-10-8-6-9/h1,3-4H,5-8H2. The lowest BCUT2D eigenvalue weighted by molar-refractivity contribution is 0.0594. The van der Waals surface area contributed by atoms with Crippen molar-refractivity contribution in [1.29, 1.82) is 0 Å². The van der Waals surface area contributed by atoms with Crippen molar-refractivity contribution in [2.24, 2.45) is 0 Å². The van der Waals surface area contributed by atoms with Crippen LogP contribution in [0.15, 0.2) is 12.3 Å². The monoisotopic (exact) mass is 137 g/mol. The molecule has 0 bridgehead atoms. The molecule has 0 atom stereocenters. The van der Waals surface area contributed by atoms with Crippen molar-refractivity contribution in [2.75, 3.05) is 26.3 Å². The van der Waals surface area contributed by atoms with E-state index in [2.05, 4.69) is 10.8 Å². The Morgan fingerprint density at radius 1 is 1.40 bits per heavy atom. The zero-order valence-corrected chi connectivity index (χ0v) is 5.92. The van der Waals surface area contributed by atoms with E-state index in [0.29, 0.717) is 0 Å². The quantitative estimate of drug-likeness (QED) is 0.487. The minimum atomic E-state index is 0.814. The average Bonchev–Trinajstić information content (AvgIpc) is 2.03. The molecule has 0 unspecified atom stereocenters. The van der Waals surface area contributed by atoms with Crippen molar-refractivity contribution >= 4 is 0 Å². The summed E-state index contributed by atoms with van der Waals surface area (Å²) in [6, 6.07) is 0. The highest BCUT2D eigenvalue weighted by Crippen LogP contribution is 1.95. The highest BCUT2D eigenvalue weighted by molar-refractivity contribution is 5.08. The molecule has 54 valence electrons. The van der Waals surface area contributed by atoms with Crippen LogP contribution >= 0.6 is 0 Å². The van der Waals surface area contributed by atoms with E-state index in [1.54, 1.807) is 6.08 Å². The second kappa shape index (κ2) is 3.97. The van der Waals surface area contributed by atoms with E-state index in [1.165, 1.54) is 0 Å². The van der Waals surface area contributed by atoms with Gasteiger partial charge in [-0.05, 0) is 0 Å². The first kappa shape index (κ1) is 7.17. The van der Waals surface area contributed by atoms with E-state index in [1.807, 2.05) is 6.20 Å². The summed E-state index contributed by atoms with van der Waals surface area (Å²) >= 11 is 0. The van der Waals surface area contributed by atoms with Crippen molar-refractivity contribution in [2.45, 2.75) is 0 Å². The molecule has 1 aliphatic rings. The number of ether oxygens (including phenoxy) is 1. The largest absolute Gasteiger partial charge is 0.378 e. The van der Waals surface area contributed by atoms with E-state index >= 15 is 0 Å². The van der Waals surface area contributed by atoms with Crippen LogP contribution in [0.5, 0.6) is 0 Å². The summed E-state index contributed by atoms with van der Waals surface area (Å²) in [5.74, 6) is 2.45. The Bertz CT molecular complexity index is 151. The number of morpholine rings is 1. The van der Waals surface area contributed by atoms with Gasteiger partial charge in [-0.15, -0.1) is 6.42 Å². The number of terminal acetylenes is 1. The Labute approximate surface area is 61.5 Å². The van der Waals surface area contributed by atoms with Gasteiger partial charge in [0.25, 0.3) is 0 Å². The van der Waals surface area contributed by atoms with Gasteiger partial charge in [0.05, 0.1) is 13.2 Å². The fourth-order valence-corrected chi connectivity index (χ4v) is 0.875. The molecule has 1 rings (SSSR count). The van der Waals surface area contributed by atoms with Crippen LogP contribution in [-0.2, 0) is 4.74 Å². The predicted octanol–water partition coefficient (Wildman–Crippen LogP) is 0.466. The van der Waals surface area contributed by atoms with Gasteiger partial charge in [0.2, 0.25) is 0 Å². The molecule has 2 heteroatoms. The molecule has 0 aliphatic carbocycles. The summed E-state index contributed by atoms with van der Waals surface area (Å²) in [5, 5.41) is 0. The van der Waals surface area contributed by atoms with Crippen LogP contribution in [0.25, 0.3) is 0 Å². The van der Waals surface area contributed by atoms with Crippen molar-refractivity contribution in [3.63, 3.8) is 0 Å². The average molecular weight is 137 g/mol. The zero-order chi connectivity index (χ0) is 7.23. The number of hydrogen-bond acceptors (Lipinski definition) is 2. The molecule has 10 heavy (non-hydrogen) atoms. The summed E-state index contributed by atoms with van der Waals surface area (Å²) in [6.07, 6.45) is 8.70. The normalized spacial score (nSPS) is 19.3. The SMILES string of the molecule is C#CC=CN1CCOCC1. The third kappa shape index (κ3) is 2.12. The van der Waals surface area contributed by atoms with E-state index < -0.39 is 0 Å². The predicted molar refractivity (Wildman–Crippen MR) is 40.4 cm³/mol. The van der Waals surface area contributed by atoms with Gasteiger partial charge >= 0.3 is 0 Å². The molecule has 0 spiro atoms. The van der Waals surface area contributed by atoms with E-state index in [9.17, 15) is 0 Å². The Morgan fingerprint density at radius 3 is 2.70 bits per heavy atom. The van der Waals surface area contributed by atoms with Crippen molar-refractivity contribution < 1.29 is 4.74 Å². The first-order valence-corrected chi connectivity index (χ1v) is 3.38. The number of nitrogens with zero attached hydrogens (tertiary/aromatic N) is 1. The van der Waals surface area contributed by atoms with Crippen LogP contribution in [0.3, 0.4) is 0 Å². The molecule has 0 N–H and O–H groups in total. The van der Waals surface area contributed by atoms with Crippen LogP contribution in [0.4, 0.5) is 0 Å². The van der Waals surface area contributed by atoms with E-state index in [0.717, 1.165) is 26.3 Å². The lowest BCUT2D eigenvalue weighted by Gasteiger charge is -2.24. The van der Waals surface area contributed by atoms with E-state index in [4.69, 9.17) is 11.2 Å². The lowest BCUT2D eigenvalue weighted by atomic mass is 10.4. The van der Waals surface area contributed by atoms with Crippen LogP contribution < -0.4 is 0 Å². The van der Waals surface area contributed by atoms with Gasteiger partial charge in [-0.3, -0.25) is 0 Å². The summed E-state index contributed by atoms with van der Waals surface area (Å²) in [5.41, 5.74) is 0. The molecule has 1 aliphatic heterocycles. The summed E-state index contributed by atoms with van der Waals surface area (Å²) in [6.45, 7) is 3.54. The van der Waals surface area contributed by atoms with Crippen LogP contribution in [-0.4, -0.2) is 31.2 Å². The van der Waals surface area contributed by atoms with Crippen molar-refractivity contribution in [3.8, 4) is 12.3 Å². The van der Waals surface area contributed by atoms with Gasteiger partial charge in [-0.25, -0.2) is 0 Å². The van der Waals surface area contributed by atoms with Gasteiger partial charge in [0.15, 0.2) is 0 Å². The molecule has 0 aromatic rings. The van der Waals surface area contributed by atoms with Crippen LogP contribution in [0.2, 0.25) is 0 Å². The van der Waals surface area contributed by atoms with Gasteiger partial charge in [0.1, 0.15) is 0 Å². The molecule has 2 nitrogen and oxygen atoms in total. The number of allylic oxidation sites excluding steroid dienone is 1. The molecule has 0 saturated carbocycles. The maximum Gasteiger partial charge on any atom is 0.0642 e. The zero-order valence-electron chi connectivity index (χ0n) is 5.92. The molecule has 1 fully saturated rings. The van der Waals surface area contributed by atoms with E-state index in [-0.39, 0.29) is 0 Å². The summed E-state index contributed by atoms with van der Waals surface area (Å²) in [7, 11) is 0. The molecule has 1 heterocycles. The van der Waals surface area contributed by atoms with Gasteiger partial charge in [-0.1, -0.05) is 5.92 Å². The Kier molecular flexibility index (Phi) is 2.85. The van der Waals surface area contributed by atoms with Crippen LogP contribution in [0.1, 0.15) is 0 Å². The first-order chi connectivity index (χ1) is 4.93. The Morgan fingerprint density at radius 2 is 2.10 bits per heavy atom. The third-order valence-corrected chi connectivity index (χ3v) is 1.43. The number of hydrogen-bond donors (Lipinski definition) is 0. The van der Waals surface area contributed by atoms with Crippen molar-refractivity contribution in [3.05, 3.63) is 12.3 Å². The Hall–Kier alpha value is -0.940. The maximum atomic E-state index is 5.15. The second-order valence-electron chi connectivity index (χ2n) is 2.13. The fraction of sp³-hybridized carbons (Fsp3) is 0.500. The molecular weight excluding hydrogens is 126 g/mol. The summed E-state index contributed by atoms with van der Waals surface area (Å²) in [4.78, 5) is 2.16. The lowest BCUT2D eigenvalue weighted by Crippen LogP contribution is -2.31.